The average molecular weight is 257 g/mol. The molecule has 0 atom stereocenters. The van der Waals surface area contributed by atoms with Gasteiger partial charge in [-0.25, -0.2) is 4.98 Å². The van der Waals surface area contributed by atoms with Crippen molar-refractivity contribution in [1.29, 1.82) is 0 Å². The van der Waals surface area contributed by atoms with Crippen LogP contribution in [0.2, 0.25) is 0 Å². The van der Waals surface area contributed by atoms with Crippen molar-refractivity contribution < 1.29 is 0 Å². The van der Waals surface area contributed by atoms with E-state index in [9.17, 15) is 0 Å². The Morgan fingerprint density at radius 1 is 1.53 bits per heavy atom. The molecule has 0 aliphatic carbocycles. The molecule has 1 aromatic heterocycles. The van der Waals surface area contributed by atoms with Crippen LogP contribution in [-0.4, -0.2) is 28.6 Å². The Morgan fingerprint density at radius 2 is 2.32 bits per heavy atom. The molecular formula is C14H19N5. The lowest BCUT2D eigenvalue weighted by molar-refractivity contribution is 0.701. The number of nitrogens with zero attached hydrogens (tertiary/aromatic N) is 3. The van der Waals surface area contributed by atoms with E-state index in [1.54, 1.807) is 6.08 Å². The second kappa shape index (κ2) is 6.04. The van der Waals surface area contributed by atoms with Crippen LogP contribution in [0, 0.1) is 6.92 Å². The molecule has 2 rings (SSSR count). The summed E-state index contributed by atoms with van der Waals surface area (Å²) in [6.07, 6.45) is 1.75. The van der Waals surface area contributed by atoms with E-state index in [-0.39, 0.29) is 0 Å². The third-order valence-electron chi connectivity index (χ3n) is 2.88. The Hall–Kier alpha value is -2.30. The van der Waals surface area contributed by atoms with Crippen molar-refractivity contribution in [3.63, 3.8) is 0 Å². The minimum absolute atomic E-state index is 0.446. The number of nitrogens with one attached hydrogen (secondary N) is 1. The highest BCUT2D eigenvalue weighted by Gasteiger charge is 2.05. The first-order valence-electron chi connectivity index (χ1n) is 6.29. The molecule has 0 fully saturated rings. The number of imidazole rings is 1. The summed E-state index contributed by atoms with van der Waals surface area (Å²) in [6, 6.07) is 8.10. The first-order valence-corrected chi connectivity index (χ1v) is 6.29. The van der Waals surface area contributed by atoms with E-state index in [0.29, 0.717) is 19.0 Å². The van der Waals surface area contributed by atoms with Crippen molar-refractivity contribution in [2.24, 2.45) is 10.7 Å². The van der Waals surface area contributed by atoms with Gasteiger partial charge in [-0.15, -0.1) is 6.58 Å². The molecule has 5 nitrogen and oxygen atoms in total. The normalized spacial score (nSPS) is 11.7. The number of fused-ring (bicyclic) bond motifs is 1. The van der Waals surface area contributed by atoms with E-state index in [4.69, 9.17) is 5.73 Å². The standard InChI is InChI=1S/C14H19N5/c1-3-8-16-14(15)17-9-10-19-11(2)18-12-6-4-5-7-13(12)19/h3-7H,1,8-10H2,2H3,(H3,15,16,17). The third kappa shape index (κ3) is 3.13. The Labute approximate surface area is 112 Å². The number of aryl methyl sites for hydroxylation is 1. The van der Waals surface area contributed by atoms with Crippen molar-refractivity contribution in [2.45, 2.75) is 13.5 Å². The van der Waals surface area contributed by atoms with Gasteiger partial charge in [-0.1, -0.05) is 18.2 Å². The fourth-order valence-corrected chi connectivity index (χ4v) is 1.98. The second-order valence-corrected chi connectivity index (χ2v) is 4.24. The van der Waals surface area contributed by atoms with Gasteiger partial charge in [0.1, 0.15) is 5.82 Å². The maximum Gasteiger partial charge on any atom is 0.188 e. The fraction of sp³-hybridized carbons (Fsp3) is 0.286. The van der Waals surface area contributed by atoms with E-state index in [0.717, 1.165) is 23.4 Å². The summed E-state index contributed by atoms with van der Waals surface area (Å²) in [5.41, 5.74) is 7.86. The van der Waals surface area contributed by atoms with Crippen LogP contribution < -0.4 is 11.1 Å². The monoisotopic (exact) mass is 257 g/mol. The molecule has 0 amide bonds. The molecule has 5 heteroatoms. The van der Waals surface area contributed by atoms with Crippen LogP contribution in [0.1, 0.15) is 5.82 Å². The van der Waals surface area contributed by atoms with Crippen LogP contribution in [0.5, 0.6) is 0 Å². The molecule has 2 aromatic rings. The Balaban J connectivity index is 2.05. The smallest absolute Gasteiger partial charge is 0.188 e. The minimum Gasteiger partial charge on any atom is -0.370 e. The maximum atomic E-state index is 5.72. The predicted octanol–water partition coefficient (Wildman–Crippen LogP) is 1.44. The van der Waals surface area contributed by atoms with Gasteiger partial charge >= 0.3 is 0 Å². The zero-order chi connectivity index (χ0) is 13.7. The van der Waals surface area contributed by atoms with Gasteiger partial charge in [0.15, 0.2) is 5.96 Å². The van der Waals surface area contributed by atoms with Crippen LogP contribution in [0.15, 0.2) is 41.9 Å². The van der Waals surface area contributed by atoms with Gasteiger partial charge in [-0.3, -0.25) is 4.99 Å². The maximum absolute atomic E-state index is 5.72. The van der Waals surface area contributed by atoms with E-state index in [1.807, 2.05) is 25.1 Å². The number of aromatic nitrogens is 2. The highest BCUT2D eigenvalue weighted by Crippen LogP contribution is 2.14. The molecule has 0 spiro atoms. The van der Waals surface area contributed by atoms with E-state index in [2.05, 4.69) is 32.5 Å². The van der Waals surface area contributed by atoms with Crippen LogP contribution in [0.25, 0.3) is 11.0 Å². The first-order chi connectivity index (χ1) is 9.22. The molecule has 19 heavy (non-hydrogen) atoms. The molecule has 0 saturated carbocycles. The molecule has 0 saturated heterocycles. The summed E-state index contributed by atoms with van der Waals surface area (Å²) >= 11 is 0. The number of hydrogen-bond donors (Lipinski definition) is 2. The van der Waals surface area contributed by atoms with Gasteiger partial charge in [0, 0.05) is 13.1 Å². The topological polar surface area (TPSA) is 68.2 Å². The van der Waals surface area contributed by atoms with Crippen LogP contribution in [-0.2, 0) is 6.54 Å². The molecule has 1 heterocycles. The zero-order valence-corrected chi connectivity index (χ0v) is 11.1. The van der Waals surface area contributed by atoms with Crippen molar-refractivity contribution in [3.8, 4) is 0 Å². The highest BCUT2D eigenvalue weighted by molar-refractivity contribution is 5.78. The Bertz CT molecular complexity index is 597. The number of rotatable bonds is 5. The molecule has 3 N–H and O–H groups in total. The molecule has 1 aromatic carbocycles. The lowest BCUT2D eigenvalue weighted by Gasteiger charge is -2.06. The molecule has 100 valence electrons. The average Bonchev–Trinajstić information content (AvgIpc) is 2.73. The van der Waals surface area contributed by atoms with E-state index in [1.165, 1.54) is 0 Å². The summed E-state index contributed by atoms with van der Waals surface area (Å²) in [4.78, 5) is 8.79. The van der Waals surface area contributed by atoms with Gasteiger partial charge < -0.3 is 15.6 Å². The molecule has 0 unspecified atom stereocenters. The molecule has 0 aliphatic rings. The number of para-hydroxylation sites is 2. The van der Waals surface area contributed by atoms with Crippen molar-refractivity contribution in [1.82, 2.24) is 14.9 Å². The first kappa shape index (κ1) is 13.1. The third-order valence-corrected chi connectivity index (χ3v) is 2.88. The van der Waals surface area contributed by atoms with Crippen LogP contribution >= 0.6 is 0 Å². The van der Waals surface area contributed by atoms with Crippen molar-refractivity contribution in [3.05, 3.63) is 42.7 Å². The van der Waals surface area contributed by atoms with Gasteiger partial charge in [0.2, 0.25) is 0 Å². The number of benzene rings is 1. The van der Waals surface area contributed by atoms with Crippen molar-refractivity contribution in [2.75, 3.05) is 13.1 Å². The van der Waals surface area contributed by atoms with E-state index >= 15 is 0 Å². The summed E-state index contributed by atoms with van der Waals surface area (Å²) < 4.78 is 2.15. The van der Waals surface area contributed by atoms with Gasteiger partial charge in [0.25, 0.3) is 0 Å². The largest absolute Gasteiger partial charge is 0.370 e. The fourth-order valence-electron chi connectivity index (χ4n) is 1.98. The van der Waals surface area contributed by atoms with Gasteiger partial charge in [-0.2, -0.15) is 0 Å². The Kier molecular flexibility index (Phi) is 4.18. The Morgan fingerprint density at radius 3 is 3.11 bits per heavy atom. The summed E-state index contributed by atoms with van der Waals surface area (Å²) in [6.45, 7) is 7.63. The molecular weight excluding hydrogens is 238 g/mol. The van der Waals surface area contributed by atoms with Crippen LogP contribution in [0.4, 0.5) is 0 Å². The predicted molar refractivity (Wildman–Crippen MR) is 79.2 cm³/mol. The summed E-state index contributed by atoms with van der Waals surface area (Å²) in [7, 11) is 0. The zero-order valence-electron chi connectivity index (χ0n) is 11.1. The highest BCUT2D eigenvalue weighted by atomic mass is 15.1. The van der Waals surface area contributed by atoms with Crippen LogP contribution in [0.3, 0.4) is 0 Å². The van der Waals surface area contributed by atoms with Gasteiger partial charge in [-0.05, 0) is 19.1 Å². The lowest BCUT2D eigenvalue weighted by Crippen LogP contribution is -2.32. The number of hydrogen-bond acceptors (Lipinski definition) is 2. The van der Waals surface area contributed by atoms with Crippen molar-refractivity contribution >= 4 is 17.0 Å². The van der Waals surface area contributed by atoms with E-state index < -0.39 is 0 Å². The number of guanidine groups is 1. The second-order valence-electron chi connectivity index (χ2n) is 4.24. The summed E-state index contributed by atoms with van der Waals surface area (Å²) in [5, 5.41) is 2.95. The lowest BCUT2D eigenvalue weighted by atomic mass is 10.3. The minimum atomic E-state index is 0.446. The molecule has 0 bridgehead atoms. The quantitative estimate of drug-likeness (QED) is 0.484. The molecule has 0 radical (unpaired) electrons. The SMILES string of the molecule is C=CCNC(N)=NCCn1c(C)nc2ccccc21. The number of nitrogens with two attached hydrogens (primary N) is 1. The summed E-state index contributed by atoms with van der Waals surface area (Å²) in [5.74, 6) is 1.44. The number of aliphatic imine (C=N–C) groups is 1. The van der Waals surface area contributed by atoms with Gasteiger partial charge in [0.05, 0.1) is 17.6 Å². The molecule has 0 aliphatic heterocycles.